The summed E-state index contributed by atoms with van der Waals surface area (Å²) in [5.41, 5.74) is 10.2. The number of nitrogens with one attached hydrogen (secondary N) is 2. The van der Waals surface area contributed by atoms with Gasteiger partial charge >= 0.3 is 0 Å². The van der Waals surface area contributed by atoms with E-state index in [0.717, 1.165) is 0 Å². The second kappa shape index (κ2) is 21.9. The van der Waals surface area contributed by atoms with Crippen LogP contribution in [0.25, 0.3) is 0 Å². The van der Waals surface area contributed by atoms with E-state index in [9.17, 15) is 91.3 Å². The van der Waals surface area contributed by atoms with Crippen molar-refractivity contribution < 1.29 is 110 Å². The summed E-state index contributed by atoms with van der Waals surface area (Å²) in [5.74, 6) is -3.80. The molecule has 0 spiro atoms. The lowest BCUT2D eigenvalue weighted by atomic mass is 9.98. The van der Waals surface area contributed by atoms with E-state index in [0.29, 0.717) is 0 Å². The molecular weight excluding hydrogens is 796 g/mol. The molecule has 58 heavy (non-hydrogen) atoms. The molecular formula is C30H52N6O22. The number of anilines is 2. The number of hydrogen-bond acceptors (Lipinski definition) is 26. The molecule has 3 heterocycles. The number of aromatic nitrogens is 2. The Labute approximate surface area is 327 Å². The molecule has 2 saturated heterocycles. The van der Waals surface area contributed by atoms with Crippen molar-refractivity contribution in [2.45, 2.75) is 110 Å². The van der Waals surface area contributed by atoms with E-state index in [1.807, 2.05) is 0 Å². The van der Waals surface area contributed by atoms with Crippen molar-refractivity contribution in [1.82, 2.24) is 20.6 Å². The highest BCUT2D eigenvalue weighted by molar-refractivity contribution is 6.00. The van der Waals surface area contributed by atoms with Gasteiger partial charge in [-0.1, -0.05) is 0 Å². The number of aliphatic hydroxyl groups is 16. The van der Waals surface area contributed by atoms with Gasteiger partial charge in [-0.15, -0.1) is 0 Å². The van der Waals surface area contributed by atoms with Crippen molar-refractivity contribution in [3.8, 4) is 0 Å². The first kappa shape index (κ1) is 49.2. The molecule has 2 aliphatic heterocycles. The highest BCUT2D eigenvalue weighted by Gasteiger charge is 2.48. The Morgan fingerprint density at radius 2 is 0.897 bits per heavy atom. The monoisotopic (exact) mass is 848 g/mol. The second-order valence-corrected chi connectivity index (χ2v) is 13.3. The van der Waals surface area contributed by atoms with Gasteiger partial charge in [0.05, 0.1) is 38.6 Å². The van der Waals surface area contributed by atoms with Crippen LogP contribution in [0.2, 0.25) is 0 Å². The van der Waals surface area contributed by atoms with Crippen LogP contribution in [0.15, 0.2) is 0 Å². The molecule has 2 amide bonds. The fraction of sp³-hybridized carbons (Fsp3) is 0.800. The Morgan fingerprint density at radius 1 is 0.569 bits per heavy atom. The van der Waals surface area contributed by atoms with Gasteiger partial charge in [-0.05, 0) is 0 Å². The third-order valence-electron chi connectivity index (χ3n) is 9.20. The molecule has 28 heteroatoms. The van der Waals surface area contributed by atoms with Crippen molar-refractivity contribution in [3.63, 3.8) is 0 Å². The number of rotatable bonds is 20. The van der Waals surface area contributed by atoms with Gasteiger partial charge in [-0.3, -0.25) is 9.59 Å². The number of ether oxygens (including phenoxy) is 4. The number of nitrogens with two attached hydrogens (primary N) is 2. The molecule has 2 unspecified atom stereocenters. The summed E-state index contributed by atoms with van der Waals surface area (Å²) < 4.78 is 20.9. The highest BCUT2D eigenvalue weighted by atomic mass is 16.7. The van der Waals surface area contributed by atoms with Crippen LogP contribution in [-0.4, -0.2) is 253 Å². The third kappa shape index (κ3) is 11.5. The lowest BCUT2D eigenvalue weighted by Gasteiger charge is -2.42. The molecule has 22 N–H and O–H groups in total. The van der Waals surface area contributed by atoms with Crippen LogP contribution in [0.5, 0.6) is 0 Å². The third-order valence-corrected chi connectivity index (χ3v) is 9.20. The zero-order valence-electron chi connectivity index (χ0n) is 30.3. The quantitative estimate of drug-likeness (QED) is 0.0579. The first-order valence-electron chi connectivity index (χ1n) is 17.5. The fourth-order valence-electron chi connectivity index (χ4n) is 5.71. The van der Waals surface area contributed by atoms with Crippen molar-refractivity contribution in [2.75, 3.05) is 51.0 Å². The molecule has 2 aliphatic rings. The largest absolute Gasteiger partial charge is 0.394 e. The van der Waals surface area contributed by atoms with Gasteiger partial charge in [-0.2, -0.15) is 0 Å². The Balaban J connectivity index is 1.63. The lowest BCUT2D eigenvalue weighted by Crippen LogP contribution is -2.61. The van der Waals surface area contributed by atoms with Crippen LogP contribution in [0, 0.1) is 0 Å². The molecule has 0 aliphatic carbocycles. The van der Waals surface area contributed by atoms with Crippen molar-refractivity contribution in [1.29, 1.82) is 0 Å². The van der Waals surface area contributed by atoms with E-state index >= 15 is 0 Å². The molecule has 0 aromatic carbocycles. The lowest BCUT2D eigenvalue weighted by molar-refractivity contribution is -0.327. The summed E-state index contributed by atoms with van der Waals surface area (Å²) in [6.07, 6.45) is -34.3. The Morgan fingerprint density at radius 3 is 1.19 bits per heavy atom. The molecule has 0 bridgehead atoms. The maximum absolute atomic E-state index is 12.9. The van der Waals surface area contributed by atoms with Gasteiger partial charge < -0.3 is 123 Å². The molecule has 3 rings (SSSR count). The summed E-state index contributed by atoms with van der Waals surface area (Å²) in [6.45, 7) is -5.53. The fourth-order valence-corrected chi connectivity index (χ4v) is 5.71. The Bertz CT molecular complexity index is 1360. The van der Waals surface area contributed by atoms with Gasteiger partial charge in [0, 0.05) is 13.1 Å². The number of nitrogen functional groups attached to an aromatic ring is 2. The average molecular weight is 849 g/mol. The smallest absolute Gasteiger partial charge is 0.273 e. The summed E-state index contributed by atoms with van der Waals surface area (Å²) in [5, 5.41) is 165. The van der Waals surface area contributed by atoms with Crippen LogP contribution < -0.4 is 22.1 Å². The predicted molar refractivity (Wildman–Crippen MR) is 183 cm³/mol. The van der Waals surface area contributed by atoms with Crippen LogP contribution in [0.1, 0.15) is 21.0 Å². The minimum Gasteiger partial charge on any atom is -0.394 e. The normalized spacial score (nSPS) is 31.9. The van der Waals surface area contributed by atoms with Gasteiger partial charge in [0.1, 0.15) is 85.5 Å². The second-order valence-electron chi connectivity index (χ2n) is 13.3. The number of hydrogen-bond donors (Lipinski definition) is 20. The predicted octanol–water partition coefficient (Wildman–Crippen LogP) is -12.4. The minimum absolute atomic E-state index is 0.707. The number of amides is 2. The maximum Gasteiger partial charge on any atom is 0.273 e. The molecule has 1 aromatic rings. The zero-order valence-corrected chi connectivity index (χ0v) is 30.3. The number of aliphatic hydroxyl groups excluding tert-OH is 16. The van der Waals surface area contributed by atoms with E-state index in [4.69, 9.17) is 30.4 Å². The SMILES string of the molecule is Nc1nc(C(=O)NC[C@H](O)[C@@H](O)[C@H](O[C@@H]2O[C@H](CO)[C@@H](O)[C@H](O)[C@H]2O)C(O)CO)c(N)nc1C(=O)NC[C@H](O)[C@@H](O)[C@H](O[C@@H]1O[C@H](CO)[C@@H](O)[C@H](O)[C@H]1O)C(O)CO. The van der Waals surface area contributed by atoms with E-state index in [-0.39, 0.29) is 0 Å². The topological polar surface area (TPSA) is 497 Å². The summed E-state index contributed by atoms with van der Waals surface area (Å²) in [6, 6.07) is 0. The first-order valence-corrected chi connectivity index (χ1v) is 17.5. The number of carbonyl (C=O) groups excluding carboxylic acids is 2. The van der Waals surface area contributed by atoms with Crippen molar-refractivity contribution in [3.05, 3.63) is 11.4 Å². The molecule has 18 atom stereocenters. The van der Waals surface area contributed by atoms with Gasteiger partial charge in [0.2, 0.25) is 0 Å². The van der Waals surface area contributed by atoms with Crippen LogP contribution in [-0.2, 0) is 18.9 Å². The molecule has 1 aromatic heterocycles. The zero-order chi connectivity index (χ0) is 43.8. The van der Waals surface area contributed by atoms with E-state index in [1.165, 1.54) is 0 Å². The molecule has 28 nitrogen and oxygen atoms in total. The van der Waals surface area contributed by atoms with Gasteiger partial charge in [0.15, 0.2) is 35.6 Å². The minimum atomic E-state index is -2.16. The molecule has 2 fully saturated rings. The Kier molecular flexibility index (Phi) is 18.6. The summed E-state index contributed by atoms with van der Waals surface area (Å²) in [4.78, 5) is 33.2. The average Bonchev–Trinajstić information content (AvgIpc) is 3.21. The van der Waals surface area contributed by atoms with Gasteiger partial charge in [0.25, 0.3) is 11.8 Å². The highest BCUT2D eigenvalue weighted by Crippen LogP contribution is 2.27. The molecule has 0 radical (unpaired) electrons. The van der Waals surface area contributed by atoms with Crippen molar-refractivity contribution in [2.24, 2.45) is 0 Å². The van der Waals surface area contributed by atoms with Crippen LogP contribution in [0.4, 0.5) is 11.6 Å². The maximum atomic E-state index is 12.9. The molecule has 334 valence electrons. The van der Waals surface area contributed by atoms with Crippen molar-refractivity contribution >= 4 is 23.5 Å². The summed E-state index contributed by atoms with van der Waals surface area (Å²) >= 11 is 0. The van der Waals surface area contributed by atoms with Gasteiger partial charge in [-0.25, -0.2) is 9.97 Å². The number of nitrogens with zero attached hydrogens (tertiary/aromatic N) is 2. The first-order chi connectivity index (χ1) is 27.2. The van der Waals surface area contributed by atoms with E-state index in [2.05, 4.69) is 20.6 Å². The van der Waals surface area contributed by atoms with E-state index in [1.54, 1.807) is 0 Å². The van der Waals surface area contributed by atoms with Crippen LogP contribution in [0.3, 0.4) is 0 Å². The Hall–Kier alpha value is -3.18. The van der Waals surface area contributed by atoms with Crippen LogP contribution >= 0.6 is 0 Å². The molecule has 0 saturated carbocycles. The van der Waals surface area contributed by atoms with E-state index < -0.39 is 185 Å². The summed E-state index contributed by atoms with van der Waals surface area (Å²) in [7, 11) is 0. The number of carbonyl (C=O) groups is 2. The standard InChI is InChI=1S/C30H52N6O22/c31-25-13(27(53)33-1-7(41)15(45)23(9(43)3-37)57-29-21(51)19(49)17(47)11(5-39)55-29)35-26(32)14(36-25)28(54)34-2-8(42)16(46)24(10(44)4-38)58-30-22(52)20(50)18(48)12(6-40)56-30/h7-12,15-24,29-30,37-52H,1-6H2,(H2,32,35)(H2,31,36)(H,33,53)(H,34,54)/t7-,8-,9?,10?,11+,12+,15+,16+,17+,18+,19-,20-,21+,22+,23+,24+,29-,30-/m0/s1.